The summed E-state index contributed by atoms with van der Waals surface area (Å²) in [6.45, 7) is -0.187. The van der Waals surface area contributed by atoms with E-state index in [1.54, 1.807) is 22.4 Å². The Morgan fingerprint density at radius 3 is 2.93 bits per heavy atom. The minimum atomic E-state index is -2.71. The molecule has 1 atom stereocenters. The Bertz CT molecular complexity index is 866. The van der Waals surface area contributed by atoms with Gasteiger partial charge in [-0.3, -0.25) is 10.3 Å². The number of pyridine rings is 1. The number of hydrogen-bond acceptors (Lipinski definition) is 6. The van der Waals surface area contributed by atoms with Gasteiger partial charge in [-0.15, -0.1) is 17.8 Å². The highest BCUT2D eigenvalue weighted by molar-refractivity contribution is 7.10. The van der Waals surface area contributed by atoms with Crippen LogP contribution in [0.25, 0.3) is 0 Å². The Balaban J connectivity index is 1.62. The van der Waals surface area contributed by atoms with Crippen molar-refractivity contribution in [2.24, 2.45) is 0 Å². The molecule has 0 bridgehead atoms. The summed E-state index contributed by atoms with van der Waals surface area (Å²) in [6.07, 6.45) is 7.01. The van der Waals surface area contributed by atoms with Crippen LogP contribution in [0.2, 0.25) is 0 Å². The molecular weight excluding hydrogens is 388 g/mol. The first-order valence-corrected chi connectivity index (χ1v) is 9.47. The molecular formula is C18H19F2N5O2S. The third kappa shape index (κ3) is 4.94. The molecule has 2 amide bonds. The second-order valence-corrected chi connectivity index (χ2v) is 7.20. The van der Waals surface area contributed by atoms with Crippen LogP contribution < -0.4 is 15.5 Å². The maximum Gasteiger partial charge on any atom is 0.321 e. The van der Waals surface area contributed by atoms with Gasteiger partial charge in [0.1, 0.15) is 5.82 Å². The molecule has 1 aliphatic heterocycles. The standard InChI is InChI=1S/C18H19F2N5O2S/c1-2-16-23-15(10-28-16)24-17(27)22-14(9-26)13-5-4-12(8-21-13)25-7-3-6-18(19,20)11-25/h1,4-5,8,10,14,26H,3,6-7,9,11H2,(H2,22,24,27)/t14-/m0/s1. The van der Waals surface area contributed by atoms with Crippen molar-refractivity contribution in [3.05, 3.63) is 34.4 Å². The summed E-state index contributed by atoms with van der Waals surface area (Å²) in [7, 11) is 0. The van der Waals surface area contributed by atoms with Crippen LogP contribution in [0.4, 0.5) is 25.1 Å². The first-order chi connectivity index (χ1) is 13.4. The van der Waals surface area contributed by atoms with Gasteiger partial charge in [-0.2, -0.15) is 0 Å². The molecule has 0 unspecified atom stereocenters. The van der Waals surface area contributed by atoms with Crippen molar-refractivity contribution in [3.63, 3.8) is 0 Å². The lowest BCUT2D eigenvalue weighted by Gasteiger charge is -2.34. The number of aromatic nitrogens is 2. The SMILES string of the molecule is C#Cc1nc(NC(=O)N[C@@H](CO)c2ccc(N3CCCC(F)(F)C3)cn2)cs1. The van der Waals surface area contributed by atoms with Crippen LogP contribution in [0.5, 0.6) is 0 Å². The van der Waals surface area contributed by atoms with Crippen LogP contribution in [0.3, 0.4) is 0 Å². The van der Waals surface area contributed by atoms with Crippen molar-refractivity contribution in [2.45, 2.75) is 24.8 Å². The van der Waals surface area contributed by atoms with Crippen LogP contribution in [0.1, 0.15) is 29.6 Å². The quantitative estimate of drug-likeness (QED) is 0.663. The van der Waals surface area contributed by atoms with Gasteiger partial charge in [0.25, 0.3) is 5.92 Å². The number of thiazole rings is 1. The van der Waals surface area contributed by atoms with Crippen molar-refractivity contribution in [2.75, 3.05) is 29.9 Å². The number of alkyl halides is 2. The van der Waals surface area contributed by atoms with E-state index < -0.39 is 18.0 Å². The van der Waals surface area contributed by atoms with E-state index in [9.17, 15) is 18.7 Å². The Morgan fingerprint density at radius 1 is 1.50 bits per heavy atom. The fourth-order valence-corrected chi connectivity index (χ4v) is 3.45. The summed E-state index contributed by atoms with van der Waals surface area (Å²) in [4.78, 5) is 21.9. The number of aliphatic hydroxyl groups is 1. The zero-order chi connectivity index (χ0) is 20.1. The number of aliphatic hydroxyl groups excluding tert-OH is 1. The molecule has 7 nitrogen and oxygen atoms in total. The largest absolute Gasteiger partial charge is 0.394 e. The summed E-state index contributed by atoms with van der Waals surface area (Å²) in [5, 5.41) is 16.7. The third-order valence-electron chi connectivity index (χ3n) is 4.24. The molecule has 148 valence electrons. The van der Waals surface area contributed by atoms with Gasteiger partial charge in [-0.1, -0.05) is 0 Å². The molecule has 3 N–H and O–H groups in total. The predicted molar refractivity (Wildman–Crippen MR) is 103 cm³/mol. The van der Waals surface area contributed by atoms with E-state index in [1.165, 1.54) is 17.5 Å². The van der Waals surface area contributed by atoms with Crippen molar-refractivity contribution in [1.82, 2.24) is 15.3 Å². The summed E-state index contributed by atoms with van der Waals surface area (Å²) in [5.74, 6) is -0.0317. The van der Waals surface area contributed by atoms with E-state index in [4.69, 9.17) is 6.42 Å². The van der Waals surface area contributed by atoms with Crippen molar-refractivity contribution in [1.29, 1.82) is 0 Å². The molecule has 0 radical (unpaired) electrons. The highest BCUT2D eigenvalue weighted by atomic mass is 32.1. The second kappa shape index (κ2) is 8.50. The lowest BCUT2D eigenvalue weighted by Crippen LogP contribution is -2.42. The van der Waals surface area contributed by atoms with Gasteiger partial charge in [-0.25, -0.2) is 18.6 Å². The Morgan fingerprint density at radius 2 is 2.32 bits per heavy atom. The molecule has 0 aromatic carbocycles. The average Bonchev–Trinajstić information content (AvgIpc) is 3.13. The maximum atomic E-state index is 13.6. The third-order valence-corrected chi connectivity index (χ3v) is 5.02. The lowest BCUT2D eigenvalue weighted by atomic mass is 10.1. The Kier molecular flexibility index (Phi) is 6.06. The van der Waals surface area contributed by atoms with Gasteiger partial charge in [0.2, 0.25) is 0 Å². The second-order valence-electron chi connectivity index (χ2n) is 6.34. The number of urea groups is 1. The van der Waals surface area contributed by atoms with Crippen LogP contribution in [0, 0.1) is 12.3 Å². The monoisotopic (exact) mass is 407 g/mol. The number of nitrogens with zero attached hydrogens (tertiary/aromatic N) is 3. The summed E-state index contributed by atoms with van der Waals surface area (Å²) < 4.78 is 27.2. The number of carbonyl (C=O) groups excluding carboxylic acids is 1. The Hall–Kier alpha value is -2.77. The van der Waals surface area contributed by atoms with Crippen molar-refractivity contribution < 1.29 is 18.7 Å². The number of hydrogen-bond donors (Lipinski definition) is 3. The topological polar surface area (TPSA) is 90.4 Å². The number of anilines is 2. The number of amides is 2. The molecule has 2 aromatic rings. The number of rotatable bonds is 5. The van der Waals surface area contributed by atoms with Gasteiger partial charge in [0, 0.05) is 18.3 Å². The molecule has 3 rings (SSSR count). The minimum absolute atomic E-state index is 0.109. The number of terminal acetylenes is 1. The van der Waals surface area contributed by atoms with E-state index in [0.717, 1.165) is 0 Å². The van der Waals surface area contributed by atoms with Crippen LogP contribution in [-0.4, -0.2) is 46.7 Å². The van der Waals surface area contributed by atoms with Crippen molar-refractivity contribution >= 4 is 28.9 Å². The van der Waals surface area contributed by atoms with Crippen molar-refractivity contribution in [3.8, 4) is 12.3 Å². The maximum absolute atomic E-state index is 13.6. The van der Waals surface area contributed by atoms with E-state index in [1.807, 2.05) is 0 Å². The summed E-state index contributed by atoms with van der Waals surface area (Å²) >= 11 is 1.22. The molecule has 1 saturated heterocycles. The van der Waals surface area contributed by atoms with Gasteiger partial charge in [0.05, 0.1) is 36.8 Å². The van der Waals surface area contributed by atoms with E-state index in [2.05, 4.69) is 26.5 Å². The predicted octanol–water partition coefficient (Wildman–Crippen LogP) is 2.61. The van der Waals surface area contributed by atoms with Gasteiger partial charge in [-0.05, 0) is 24.5 Å². The number of nitrogens with one attached hydrogen (secondary N) is 2. The molecule has 3 heterocycles. The average molecular weight is 407 g/mol. The number of carbonyl (C=O) groups is 1. The number of piperidine rings is 1. The van der Waals surface area contributed by atoms with E-state index in [-0.39, 0.29) is 19.6 Å². The minimum Gasteiger partial charge on any atom is -0.394 e. The zero-order valence-corrected chi connectivity index (χ0v) is 15.7. The summed E-state index contributed by atoms with van der Waals surface area (Å²) in [6, 6.07) is 1.92. The highest BCUT2D eigenvalue weighted by Crippen LogP contribution is 2.30. The lowest BCUT2D eigenvalue weighted by molar-refractivity contribution is -0.0116. The highest BCUT2D eigenvalue weighted by Gasteiger charge is 2.35. The molecule has 28 heavy (non-hydrogen) atoms. The van der Waals surface area contributed by atoms with Crippen LogP contribution in [0.15, 0.2) is 23.7 Å². The van der Waals surface area contributed by atoms with Gasteiger partial charge in [0.15, 0.2) is 5.01 Å². The zero-order valence-electron chi connectivity index (χ0n) is 14.9. The number of halogens is 2. The first-order valence-electron chi connectivity index (χ1n) is 8.59. The molecule has 1 fully saturated rings. The molecule has 0 saturated carbocycles. The molecule has 2 aromatic heterocycles. The molecule has 10 heteroatoms. The van der Waals surface area contributed by atoms with Gasteiger partial charge >= 0.3 is 6.03 Å². The molecule has 0 aliphatic carbocycles. The first kappa shape index (κ1) is 20.0. The van der Waals surface area contributed by atoms with E-state index >= 15 is 0 Å². The van der Waals surface area contributed by atoms with Crippen LogP contribution in [-0.2, 0) is 0 Å². The Labute approximate surface area is 164 Å². The molecule has 0 spiro atoms. The molecule has 1 aliphatic rings. The van der Waals surface area contributed by atoms with Crippen LogP contribution >= 0.6 is 11.3 Å². The van der Waals surface area contributed by atoms with E-state index in [0.29, 0.717) is 35.2 Å². The van der Waals surface area contributed by atoms with Gasteiger partial charge < -0.3 is 15.3 Å². The normalized spacial score (nSPS) is 16.9. The smallest absolute Gasteiger partial charge is 0.321 e. The fourth-order valence-electron chi connectivity index (χ4n) is 2.90. The fraction of sp³-hybridized carbons (Fsp3) is 0.389. The summed E-state index contributed by atoms with van der Waals surface area (Å²) in [5.41, 5.74) is 0.987.